The number of halogens is 1. The number of anilines is 1. The van der Waals surface area contributed by atoms with Crippen LogP contribution in [0, 0.1) is 5.92 Å². The van der Waals surface area contributed by atoms with Gasteiger partial charge in [0.2, 0.25) is 0 Å². The highest BCUT2D eigenvalue weighted by atomic mass is 35.5. The third kappa shape index (κ3) is 5.44. The lowest BCUT2D eigenvalue weighted by Crippen LogP contribution is -2.34. The third-order valence-electron chi connectivity index (χ3n) is 3.09. The van der Waals surface area contributed by atoms with Crippen molar-refractivity contribution in [3.05, 3.63) is 28.8 Å². The number of oxime groups is 1. The van der Waals surface area contributed by atoms with Crippen molar-refractivity contribution in [1.82, 2.24) is 4.90 Å². The topological polar surface area (TPSA) is 65.1 Å². The van der Waals surface area contributed by atoms with Crippen molar-refractivity contribution in [2.24, 2.45) is 16.8 Å². The average molecular weight is 313 g/mol. The molecule has 0 aliphatic carbocycles. The fraction of sp³-hybridized carbons (Fsp3) is 0.533. The van der Waals surface area contributed by atoms with Crippen LogP contribution in [0.5, 0.6) is 0 Å². The first-order chi connectivity index (χ1) is 9.85. The molecule has 0 saturated heterocycles. The van der Waals surface area contributed by atoms with E-state index in [1.807, 2.05) is 12.1 Å². The standard InChI is InChI=1S/C15H25ClN4O/c1-11(2)10-20(8-7-19(3)4)14-6-5-12(9-13(14)16)15(17)18-21/h5-6,9,11,21H,7-8,10H2,1-4H3,(H2,17,18). The van der Waals surface area contributed by atoms with Crippen molar-refractivity contribution >= 4 is 23.1 Å². The second-order valence-electron chi connectivity index (χ2n) is 5.79. The molecule has 0 amide bonds. The van der Waals surface area contributed by atoms with Crippen molar-refractivity contribution in [3.8, 4) is 0 Å². The third-order valence-corrected chi connectivity index (χ3v) is 3.40. The van der Waals surface area contributed by atoms with Gasteiger partial charge in [-0.25, -0.2) is 0 Å². The average Bonchev–Trinajstić information content (AvgIpc) is 2.42. The van der Waals surface area contributed by atoms with Crippen LogP contribution in [0.4, 0.5) is 5.69 Å². The molecule has 0 spiro atoms. The van der Waals surface area contributed by atoms with Crippen molar-refractivity contribution in [3.63, 3.8) is 0 Å². The summed E-state index contributed by atoms with van der Waals surface area (Å²) in [6, 6.07) is 5.47. The van der Waals surface area contributed by atoms with E-state index < -0.39 is 0 Å². The molecule has 1 rings (SSSR count). The summed E-state index contributed by atoms with van der Waals surface area (Å²) in [6.45, 7) is 7.14. The molecule has 0 unspecified atom stereocenters. The Balaban J connectivity index is 3.01. The minimum absolute atomic E-state index is 0.0622. The second kappa shape index (κ2) is 8.10. The second-order valence-corrected chi connectivity index (χ2v) is 6.20. The van der Waals surface area contributed by atoms with Crippen LogP contribution >= 0.6 is 11.6 Å². The summed E-state index contributed by atoms with van der Waals surface area (Å²) in [5, 5.41) is 12.3. The molecule has 1 aromatic carbocycles. The van der Waals surface area contributed by atoms with Crippen LogP contribution in [0.25, 0.3) is 0 Å². The van der Waals surface area contributed by atoms with Gasteiger partial charge < -0.3 is 20.7 Å². The van der Waals surface area contributed by atoms with Gasteiger partial charge in [-0.1, -0.05) is 30.6 Å². The Kier molecular flexibility index (Phi) is 6.78. The summed E-state index contributed by atoms with van der Waals surface area (Å²) >= 11 is 6.38. The molecule has 0 bridgehead atoms. The molecule has 1 aromatic rings. The fourth-order valence-electron chi connectivity index (χ4n) is 2.05. The lowest BCUT2D eigenvalue weighted by molar-refractivity contribution is 0.318. The van der Waals surface area contributed by atoms with E-state index in [4.69, 9.17) is 22.5 Å². The van der Waals surface area contributed by atoms with Crippen LogP contribution in [-0.4, -0.2) is 49.7 Å². The summed E-state index contributed by atoms with van der Waals surface area (Å²) in [6.07, 6.45) is 0. The fourth-order valence-corrected chi connectivity index (χ4v) is 2.35. The first kappa shape index (κ1) is 17.6. The van der Waals surface area contributed by atoms with Gasteiger partial charge in [0.25, 0.3) is 0 Å². The van der Waals surface area contributed by atoms with E-state index in [0.29, 0.717) is 16.5 Å². The normalized spacial score (nSPS) is 12.2. The lowest BCUT2D eigenvalue weighted by Gasteiger charge is -2.29. The molecule has 0 fully saturated rings. The number of amidine groups is 1. The van der Waals surface area contributed by atoms with Gasteiger partial charge in [-0.2, -0.15) is 0 Å². The molecule has 5 nitrogen and oxygen atoms in total. The molecule has 0 saturated carbocycles. The molecule has 118 valence electrons. The Morgan fingerprint density at radius 1 is 1.33 bits per heavy atom. The zero-order chi connectivity index (χ0) is 16.0. The highest BCUT2D eigenvalue weighted by Crippen LogP contribution is 2.27. The van der Waals surface area contributed by atoms with Crippen LogP contribution in [0.2, 0.25) is 5.02 Å². The van der Waals surface area contributed by atoms with Crippen molar-refractivity contribution in [2.75, 3.05) is 38.6 Å². The maximum Gasteiger partial charge on any atom is 0.170 e. The summed E-state index contributed by atoms with van der Waals surface area (Å²) < 4.78 is 0. The van der Waals surface area contributed by atoms with E-state index in [0.717, 1.165) is 25.3 Å². The molecule has 0 aromatic heterocycles. The number of benzene rings is 1. The first-order valence-corrected chi connectivity index (χ1v) is 7.40. The van der Waals surface area contributed by atoms with Gasteiger partial charge in [0.15, 0.2) is 5.84 Å². The predicted octanol–water partition coefficient (Wildman–Crippen LogP) is 2.46. The molecular formula is C15H25ClN4O. The molecule has 0 heterocycles. The zero-order valence-corrected chi connectivity index (χ0v) is 13.9. The zero-order valence-electron chi connectivity index (χ0n) is 13.2. The first-order valence-electron chi connectivity index (χ1n) is 7.02. The molecule has 0 aliphatic heterocycles. The number of nitrogens with zero attached hydrogens (tertiary/aromatic N) is 3. The Bertz CT molecular complexity index is 489. The van der Waals surface area contributed by atoms with Crippen LogP contribution < -0.4 is 10.6 Å². The number of hydrogen-bond acceptors (Lipinski definition) is 4. The van der Waals surface area contributed by atoms with Gasteiger partial charge in [-0.05, 0) is 38.2 Å². The van der Waals surface area contributed by atoms with Gasteiger partial charge in [0, 0.05) is 25.2 Å². The summed E-state index contributed by atoms with van der Waals surface area (Å²) in [4.78, 5) is 4.41. The summed E-state index contributed by atoms with van der Waals surface area (Å²) in [5.41, 5.74) is 7.18. The van der Waals surface area contributed by atoms with E-state index in [1.165, 1.54) is 0 Å². The molecule has 21 heavy (non-hydrogen) atoms. The molecule has 6 heteroatoms. The van der Waals surface area contributed by atoms with E-state index in [-0.39, 0.29) is 5.84 Å². The number of hydrogen-bond donors (Lipinski definition) is 2. The van der Waals surface area contributed by atoms with Crippen LogP contribution in [0.3, 0.4) is 0 Å². The Morgan fingerprint density at radius 2 is 2.00 bits per heavy atom. The summed E-state index contributed by atoms with van der Waals surface area (Å²) in [7, 11) is 4.10. The van der Waals surface area contributed by atoms with E-state index in [2.05, 4.69) is 42.9 Å². The van der Waals surface area contributed by atoms with E-state index in [1.54, 1.807) is 6.07 Å². The van der Waals surface area contributed by atoms with Gasteiger partial charge in [0.05, 0.1) is 10.7 Å². The van der Waals surface area contributed by atoms with Crippen LogP contribution in [0.15, 0.2) is 23.4 Å². The molecule has 3 N–H and O–H groups in total. The van der Waals surface area contributed by atoms with Crippen molar-refractivity contribution in [2.45, 2.75) is 13.8 Å². The molecule has 0 radical (unpaired) electrons. The van der Waals surface area contributed by atoms with Crippen molar-refractivity contribution < 1.29 is 5.21 Å². The Hall–Kier alpha value is -1.46. The SMILES string of the molecule is CC(C)CN(CCN(C)C)c1ccc(C(N)=NO)cc1Cl. The number of likely N-dealkylation sites (N-methyl/N-ethyl adjacent to an activating group) is 1. The monoisotopic (exact) mass is 312 g/mol. The van der Waals surface area contributed by atoms with Gasteiger partial charge in [-0.15, -0.1) is 0 Å². The smallest absolute Gasteiger partial charge is 0.170 e. The van der Waals surface area contributed by atoms with Crippen molar-refractivity contribution in [1.29, 1.82) is 0 Å². The predicted molar refractivity (Wildman–Crippen MR) is 89.6 cm³/mol. The molecular weight excluding hydrogens is 288 g/mol. The van der Waals surface area contributed by atoms with Gasteiger partial charge >= 0.3 is 0 Å². The Labute approximate surface area is 132 Å². The minimum Gasteiger partial charge on any atom is -0.409 e. The van der Waals surface area contributed by atoms with E-state index in [9.17, 15) is 0 Å². The highest BCUT2D eigenvalue weighted by molar-refractivity contribution is 6.33. The minimum atomic E-state index is 0.0622. The highest BCUT2D eigenvalue weighted by Gasteiger charge is 2.13. The van der Waals surface area contributed by atoms with Gasteiger partial charge in [-0.3, -0.25) is 0 Å². The lowest BCUT2D eigenvalue weighted by atomic mass is 10.1. The molecule has 0 atom stereocenters. The van der Waals surface area contributed by atoms with Crippen LogP contribution in [0.1, 0.15) is 19.4 Å². The van der Waals surface area contributed by atoms with Crippen LogP contribution in [-0.2, 0) is 0 Å². The quantitative estimate of drug-likeness (QED) is 0.351. The maximum absolute atomic E-state index is 8.73. The number of nitrogens with two attached hydrogens (primary N) is 1. The largest absolute Gasteiger partial charge is 0.409 e. The molecule has 0 aliphatic rings. The maximum atomic E-state index is 8.73. The summed E-state index contributed by atoms with van der Waals surface area (Å²) in [5.74, 6) is 0.596. The van der Waals surface area contributed by atoms with Gasteiger partial charge in [0.1, 0.15) is 0 Å². The number of rotatable bonds is 7. The van der Waals surface area contributed by atoms with E-state index >= 15 is 0 Å². The Morgan fingerprint density at radius 3 is 2.48 bits per heavy atom.